The van der Waals surface area contributed by atoms with E-state index in [2.05, 4.69) is 17.6 Å². The van der Waals surface area contributed by atoms with Crippen LogP contribution in [0, 0.1) is 0 Å². The van der Waals surface area contributed by atoms with Crippen molar-refractivity contribution in [2.45, 2.75) is 32.6 Å². The largest absolute Gasteiger partial charge is 0.385 e. The Kier molecular flexibility index (Phi) is 7.66. The average molecular weight is 264 g/mol. The van der Waals surface area contributed by atoms with E-state index in [0.29, 0.717) is 6.42 Å². The fourth-order valence-electron chi connectivity index (χ4n) is 1.68. The number of amides is 1. The lowest BCUT2D eigenvalue weighted by Gasteiger charge is -2.08. The second kappa shape index (κ2) is 9.39. The third-order valence-corrected chi connectivity index (χ3v) is 2.78. The molecule has 0 radical (unpaired) electrons. The second-order valence-electron chi connectivity index (χ2n) is 4.50. The first-order chi connectivity index (χ1) is 9.26. The molecule has 1 aromatic rings. The summed E-state index contributed by atoms with van der Waals surface area (Å²) in [5.41, 5.74) is 1.91. The Labute approximate surface area is 115 Å². The first-order valence-corrected chi connectivity index (χ1v) is 6.89. The van der Waals surface area contributed by atoms with Gasteiger partial charge in [-0.1, -0.05) is 13.3 Å². The van der Waals surface area contributed by atoms with Crippen LogP contribution in [-0.2, 0) is 9.53 Å². The molecule has 0 aromatic heterocycles. The van der Waals surface area contributed by atoms with Gasteiger partial charge >= 0.3 is 0 Å². The van der Waals surface area contributed by atoms with E-state index in [1.807, 2.05) is 24.3 Å². The molecule has 0 aliphatic carbocycles. The zero-order valence-corrected chi connectivity index (χ0v) is 11.9. The van der Waals surface area contributed by atoms with Crippen LogP contribution in [0.25, 0.3) is 0 Å². The minimum atomic E-state index is 0.0858. The molecule has 0 bridgehead atoms. The van der Waals surface area contributed by atoms with Crippen LogP contribution in [0.1, 0.15) is 32.6 Å². The fraction of sp³-hybridized carbons (Fsp3) is 0.533. The maximum absolute atomic E-state index is 11.6. The Morgan fingerprint density at radius 1 is 1.16 bits per heavy atom. The number of nitrogens with one attached hydrogen (secondary N) is 2. The van der Waals surface area contributed by atoms with Gasteiger partial charge in [0, 0.05) is 38.1 Å². The van der Waals surface area contributed by atoms with Gasteiger partial charge in [-0.15, -0.1) is 0 Å². The fourth-order valence-corrected chi connectivity index (χ4v) is 1.68. The van der Waals surface area contributed by atoms with Crippen LogP contribution in [0.4, 0.5) is 11.4 Å². The number of benzene rings is 1. The first kappa shape index (κ1) is 15.5. The predicted octanol–water partition coefficient (Wildman–Crippen LogP) is 3.26. The van der Waals surface area contributed by atoms with Gasteiger partial charge in [-0.3, -0.25) is 4.79 Å². The summed E-state index contributed by atoms with van der Waals surface area (Å²) in [5.74, 6) is 0.0858. The molecule has 0 saturated heterocycles. The quantitative estimate of drug-likeness (QED) is 0.673. The van der Waals surface area contributed by atoms with E-state index in [-0.39, 0.29) is 5.91 Å². The number of carbonyl (C=O) groups is 1. The van der Waals surface area contributed by atoms with E-state index in [9.17, 15) is 4.79 Å². The number of hydrogen-bond donors (Lipinski definition) is 2. The van der Waals surface area contributed by atoms with Crippen LogP contribution in [0.5, 0.6) is 0 Å². The normalized spacial score (nSPS) is 10.2. The van der Waals surface area contributed by atoms with Crippen LogP contribution in [-0.4, -0.2) is 26.2 Å². The summed E-state index contributed by atoms with van der Waals surface area (Å²) in [6, 6.07) is 7.79. The van der Waals surface area contributed by atoms with Crippen molar-refractivity contribution in [2.75, 3.05) is 30.9 Å². The molecule has 0 unspecified atom stereocenters. The molecule has 0 heterocycles. The predicted molar refractivity (Wildman–Crippen MR) is 79.6 cm³/mol. The van der Waals surface area contributed by atoms with Gasteiger partial charge in [0.1, 0.15) is 0 Å². The number of ether oxygens (including phenoxy) is 1. The number of anilines is 2. The van der Waals surface area contributed by atoms with Crippen molar-refractivity contribution in [3.05, 3.63) is 24.3 Å². The molecule has 4 heteroatoms. The van der Waals surface area contributed by atoms with Crippen molar-refractivity contribution < 1.29 is 9.53 Å². The third kappa shape index (κ3) is 6.82. The van der Waals surface area contributed by atoms with E-state index in [1.165, 1.54) is 0 Å². The Bertz CT molecular complexity index is 363. The van der Waals surface area contributed by atoms with Crippen molar-refractivity contribution in [1.29, 1.82) is 0 Å². The Morgan fingerprint density at radius 2 is 1.84 bits per heavy atom. The van der Waals surface area contributed by atoms with Gasteiger partial charge in [-0.2, -0.15) is 0 Å². The summed E-state index contributed by atoms with van der Waals surface area (Å²) in [6.45, 7) is 3.73. The SMILES string of the molecule is CCCCC(=O)Nc1ccc(NCCCOC)cc1. The van der Waals surface area contributed by atoms with Crippen molar-refractivity contribution in [1.82, 2.24) is 0 Å². The summed E-state index contributed by atoms with van der Waals surface area (Å²) >= 11 is 0. The monoisotopic (exact) mass is 264 g/mol. The lowest BCUT2D eigenvalue weighted by molar-refractivity contribution is -0.116. The van der Waals surface area contributed by atoms with Crippen LogP contribution in [0.3, 0.4) is 0 Å². The van der Waals surface area contributed by atoms with Gasteiger partial charge < -0.3 is 15.4 Å². The minimum absolute atomic E-state index is 0.0858. The van der Waals surface area contributed by atoms with Crippen LogP contribution in [0.15, 0.2) is 24.3 Å². The summed E-state index contributed by atoms with van der Waals surface area (Å²) in [5, 5.41) is 6.20. The number of unbranched alkanes of at least 4 members (excludes halogenated alkanes) is 1. The molecule has 0 aliphatic rings. The highest BCUT2D eigenvalue weighted by molar-refractivity contribution is 5.90. The summed E-state index contributed by atoms with van der Waals surface area (Å²) in [6.07, 6.45) is 3.54. The summed E-state index contributed by atoms with van der Waals surface area (Å²) < 4.78 is 4.99. The highest BCUT2D eigenvalue weighted by atomic mass is 16.5. The van der Waals surface area contributed by atoms with Gasteiger partial charge in [0.05, 0.1) is 0 Å². The molecular formula is C15H24N2O2. The van der Waals surface area contributed by atoms with E-state index in [1.54, 1.807) is 7.11 Å². The molecule has 1 amide bonds. The first-order valence-electron chi connectivity index (χ1n) is 6.89. The van der Waals surface area contributed by atoms with E-state index in [0.717, 1.165) is 43.8 Å². The Balaban J connectivity index is 2.32. The molecule has 1 rings (SSSR count). The molecule has 4 nitrogen and oxygen atoms in total. The molecule has 0 spiro atoms. The molecule has 0 fully saturated rings. The van der Waals surface area contributed by atoms with Crippen molar-refractivity contribution in [3.8, 4) is 0 Å². The molecule has 0 aliphatic heterocycles. The van der Waals surface area contributed by atoms with Crippen molar-refractivity contribution >= 4 is 17.3 Å². The van der Waals surface area contributed by atoms with Gasteiger partial charge in [0.2, 0.25) is 5.91 Å². The highest BCUT2D eigenvalue weighted by Gasteiger charge is 2.01. The number of carbonyl (C=O) groups excluding carboxylic acids is 1. The molecule has 19 heavy (non-hydrogen) atoms. The molecule has 0 atom stereocenters. The zero-order chi connectivity index (χ0) is 13.9. The van der Waals surface area contributed by atoms with Gasteiger partial charge in [0.25, 0.3) is 0 Å². The number of methoxy groups -OCH3 is 1. The maximum Gasteiger partial charge on any atom is 0.224 e. The molecule has 0 saturated carbocycles. The van der Waals surface area contributed by atoms with E-state index in [4.69, 9.17) is 4.74 Å². The van der Waals surface area contributed by atoms with E-state index < -0.39 is 0 Å². The Hall–Kier alpha value is -1.55. The summed E-state index contributed by atoms with van der Waals surface area (Å²) in [7, 11) is 1.70. The standard InChI is InChI=1S/C15H24N2O2/c1-3-4-6-15(18)17-14-9-7-13(8-10-14)16-11-5-12-19-2/h7-10,16H,3-6,11-12H2,1-2H3,(H,17,18). The minimum Gasteiger partial charge on any atom is -0.385 e. The average Bonchev–Trinajstić information content (AvgIpc) is 2.43. The number of hydrogen-bond acceptors (Lipinski definition) is 3. The highest BCUT2D eigenvalue weighted by Crippen LogP contribution is 2.14. The second-order valence-corrected chi connectivity index (χ2v) is 4.50. The molecule has 1 aromatic carbocycles. The third-order valence-electron chi connectivity index (χ3n) is 2.78. The van der Waals surface area contributed by atoms with E-state index >= 15 is 0 Å². The lowest BCUT2D eigenvalue weighted by atomic mass is 10.2. The molecule has 106 valence electrons. The Morgan fingerprint density at radius 3 is 2.47 bits per heavy atom. The maximum atomic E-state index is 11.6. The smallest absolute Gasteiger partial charge is 0.224 e. The van der Waals surface area contributed by atoms with Gasteiger partial charge in [-0.05, 0) is 37.1 Å². The topological polar surface area (TPSA) is 50.4 Å². The van der Waals surface area contributed by atoms with Gasteiger partial charge in [-0.25, -0.2) is 0 Å². The lowest BCUT2D eigenvalue weighted by Crippen LogP contribution is -2.11. The van der Waals surface area contributed by atoms with Crippen LogP contribution in [0.2, 0.25) is 0 Å². The van der Waals surface area contributed by atoms with Crippen molar-refractivity contribution in [2.24, 2.45) is 0 Å². The van der Waals surface area contributed by atoms with Crippen molar-refractivity contribution in [3.63, 3.8) is 0 Å². The number of rotatable bonds is 9. The van der Waals surface area contributed by atoms with Crippen LogP contribution >= 0.6 is 0 Å². The van der Waals surface area contributed by atoms with Crippen LogP contribution < -0.4 is 10.6 Å². The summed E-state index contributed by atoms with van der Waals surface area (Å²) in [4.78, 5) is 11.6. The molecule has 2 N–H and O–H groups in total. The molecular weight excluding hydrogens is 240 g/mol. The van der Waals surface area contributed by atoms with Gasteiger partial charge in [0.15, 0.2) is 0 Å². The zero-order valence-electron chi connectivity index (χ0n) is 11.9.